The number of carboxylic acid groups (broad SMARTS) is 2. The second kappa shape index (κ2) is 7.59. The van der Waals surface area contributed by atoms with Crippen molar-refractivity contribution in [2.24, 2.45) is 0 Å². The summed E-state index contributed by atoms with van der Waals surface area (Å²) in [6, 6.07) is 11.1. The fourth-order valence-electron chi connectivity index (χ4n) is 1.84. The highest BCUT2D eigenvalue weighted by Gasteiger charge is 2.21. The average molecular weight is 346 g/mol. The summed E-state index contributed by atoms with van der Waals surface area (Å²) in [5.41, 5.74) is -0.405. The molecule has 0 bridgehead atoms. The third-order valence-electron chi connectivity index (χ3n) is 2.79. The van der Waals surface area contributed by atoms with Crippen molar-refractivity contribution >= 4 is 24.2 Å². The quantitative estimate of drug-likeness (QED) is 0.631. The van der Waals surface area contributed by atoms with Crippen molar-refractivity contribution < 1.29 is 43.6 Å². The molecule has 128 valence electrons. The fourth-order valence-corrected chi connectivity index (χ4v) is 1.84. The summed E-state index contributed by atoms with van der Waals surface area (Å²) in [6.45, 7) is 0. The summed E-state index contributed by atoms with van der Waals surface area (Å²) in [7, 11) is 0. The monoisotopic (exact) mass is 346 g/mol. The second-order valence-electron chi connectivity index (χ2n) is 4.41. The van der Waals surface area contributed by atoms with E-state index in [-0.39, 0.29) is 22.6 Å². The molecule has 0 amide bonds. The van der Waals surface area contributed by atoms with Crippen molar-refractivity contribution in [3.05, 3.63) is 59.7 Å². The van der Waals surface area contributed by atoms with Gasteiger partial charge in [-0.25, -0.2) is 19.2 Å². The molecule has 0 aliphatic heterocycles. The number of esters is 2. The number of carbonyl (C=O) groups is 4. The Morgan fingerprint density at radius 3 is 1.36 bits per heavy atom. The van der Waals surface area contributed by atoms with Crippen molar-refractivity contribution in [3.63, 3.8) is 0 Å². The van der Waals surface area contributed by atoms with Crippen LogP contribution in [0.3, 0.4) is 0 Å². The number of hydrogen-bond donors (Lipinski definition) is 2. The first-order valence-electron chi connectivity index (χ1n) is 6.64. The van der Waals surface area contributed by atoms with Gasteiger partial charge in [-0.2, -0.15) is 0 Å². The molecule has 2 rings (SSSR count). The van der Waals surface area contributed by atoms with Gasteiger partial charge in [0.1, 0.15) is 22.6 Å². The van der Waals surface area contributed by atoms with Crippen LogP contribution in [0.4, 0.5) is 9.59 Å². The van der Waals surface area contributed by atoms with Gasteiger partial charge >= 0.3 is 24.2 Å². The van der Waals surface area contributed by atoms with Gasteiger partial charge in [0.15, 0.2) is 0 Å². The summed E-state index contributed by atoms with van der Waals surface area (Å²) < 4.78 is 13.6. The molecule has 0 aliphatic carbocycles. The van der Waals surface area contributed by atoms with Crippen LogP contribution in [0.15, 0.2) is 48.5 Å². The molecule has 0 saturated carbocycles. The van der Waals surface area contributed by atoms with Gasteiger partial charge in [0, 0.05) is 0 Å². The fraction of sp³-hybridized carbons (Fsp3) is 0. The SMILES string of the molecule is O=C(O)OC(=O)c1ccccc1Oc1ccccc1C(=O)OC(=O)O. The van der Waals surface area contributed by atoms with E-state index in [1.807, 2.05) is 0 Å². The molecule has 0 saturated heterocycles. The van der Waals surface area contributed by atoms with Crippen LogP contribution in [-0.2, 0) is 9.47 Å². The molecule has 0 radical (unpaired) electrons. The van der Waals surface area contributed by atoms with E-state index in [2.05, 4.69) is 9.47 Å². The average Bonchev–Trinajstić information content (AvgIpc) is 2.54. The summed E-state index contributed by atoms with van der Waals surface area (Å²) in [4.78, 5) is 44.6. The van der Waals surface area contributed by atoms with Crippen LogP contribution in [0, 0.1) is 0 Å². The second-order valence-corrected chi connectivity index (χ2v) is 4.41. The maximum absolute atomic E-state index is 11.8. The molecule has 2 N–H and O–H groups in total. The predicted molar refractivity (Wildman–Crippen MR) is 79.8 cm³/mol. The van der Waals surface area contributed by atoms with Gasteiger partial charge in [-0.15, -0.1) is 0 Å². The number of ether oxygens (including phenoxy) is 3. The molecule has 2 aromatic carbocycles. The summed E-state index contributed by atoms with van der Waals surface area (Å²) in [5.74, 6) is -2.53. The van der Waals surface area contributed by atoms with Crippen LogP contribution in [0.5, 0.6) is 11.5 Å². The van der Waals surface area contributed by atoms with Gasteiger partial charge in [-0.3, -0.25) is 0 Å². The molecule has 0 fully saturated rings. The van der Waals surface area contributed by atoms with Gasteiger partial charge in [0.2, 0.25) is 0 Å². The van der Waals surface area contributed by atoms with Gasteiger partial charge in [0.25, 0.3) is 0 Å². The zero-order valence-corrected chi connectivity index (χ0v) is 12.4. The Morgan fingerprint density at radius 2 is 1.00 bits per heavy atom. The first-order chi connectivity index (χ1) is 11.9. The van der Waals surface area contributed by atoms with Crippen molar-refractivity contribution in [2.75, 3.05) is 0 Å². The van der Waals surface area contributed by atoms with Crippen LogP contribution in [-0.4, -0.2) is 34.5 Å². The van der Waals surface area contributed by atoms with E-state index in [1.54, 1.807) is 0 Å². The number of benzene rings is 2. The smallest absolute Gasteiger partial charge is 0.456 e. The van der Waals surface area contributed by atoms with E-state index >= 15 is 0 Å². The molecule has 9 heteroatoms. The Labute approximate surface area is 140 Å². The molecule has 0 aromatic heterocycles. The standard InChI is InChI=1S/C16H10O9/c17-13(24-15(19)20)9-5-1-3-7-11(9)23-12-8-4-2-6-10(12)14(18)25-16(21)22/h1-8H,(H,19,20)(H,21,22). The lowest BCUT2D eigenvalue weighted by atomic mass is 10.2. The van der Waals surface area contributed by atoms with Gasteiger partial charge in [0.05, 0.1) is 0 Å². The van der Waals surface area contributed by atoms with E-state index < -0.39 is 24.2 Å². The molecule has 0 heterocycles. The first kappa shape index (κ1) is 17.5. The Balaban J connectivity index is 2.35. The topological polar surface area (TPSA) is 136 Å². The van der Waals surface area contributed by atoms with Crippen molar-refractivity contribution in [1.82, 2.24) is 0 Å². The predicted octanol–water partition coefficient (Wildman–Crippen LogP) is 3.15. The lowest BCUT2D eigenvalue weighted by molar-refractivity contribution is 0.0492. The molecule has 0 atom stereocenters. The number of para-hydroxylation sites is 2. The van der Waals surface area contributed by atoms with Gasteiger partial charge in [-0.05, 0) is 24.3 Å². The van der Waals surface area contributed by atoms with Crippen LogP contribution in [0.25, 0.3) is 0 Å². The lowest BCUT2D eigenvalue weighted by Crippen LogP contribution is -2.13. The number of carbonyl (C=O) groups excluding carboxylic acids is 2. The molecule has 0 aliphatic rings. The first-order valence-corrected chi connectivity index (χ1v) is 6.64. The Hall–Kier alpha value is -3.88. The third kappa shape index (κ3) is 4.55. The number of hydrogen-bond acceptors (Lipinski definition) is 7. The maximum atomic E-state index is 11.8. The largest absolute Gasteiger partial charge is 0.513 e. The Morgan fingerprint density at radius 1 is 0.640 bits per heavy atom. The van der Waals surface area contributed by atoms with Crippen LogP contribution < -0.4 is 4.74 Å². The zero-order valence-electron chi connectivity index (χ0n) is 12.4. The normalized spacial score (nSPS) is 9.76. The molecule has 9 nitrogen and oxygen atoms in total. The lowest BCUT2D eigenvalue weighted by Gasteiger charge is -2.12. The minimum Gasteiger partial charge on any atom is -0.456 e. The highest BCUT2D eigenvalue weighted by atomic mass is 16.7. The van der Waals surface area contributed by atoms with Crippen LogP contribution >= 0.6 is 0 Å². The summed E-state index contributed by atoms with van der Waals surface area (Å²) in [6.07, 6.45) is -3.57. The molecule has 25 heavy (non-hydrogen) atoms. The zero-order chi connectivity index (χ0) is 18.4. The van der Waals surface area contributed by atoms with Crippen molar-refractivity contribution in [1.29, 1.82) is 0 Å². The number of rotatable bonds is 4. The van der Waals surface area contributed by atoms with Crippen LogP contribution in [0.1, 0.15) is 20.7 Å². The third-order valence-corrected chi connectivity index (χ3v) is 2.79. The van der Waals surface area contributed by atoms with E-state index in [9.17, 15) is 19.2 Å². The van der Waals surface area contributed by atoms with E-state index in [4.69, 9.17) is 14.9 Å². The minimum absolute atomic E-state index is 0.0932. The minimum atomic E-state index is -1.79. The van der Waals surface area contributed by atoms with Crippen molar-refractivity contribution in [3.8, 4) is 11.5 Å². The van der Waals surface area contributed by atoms with E-state index in [0.717, 1.165) is 0 Å². The highest BCUT2D eigenvalue weighted by Crippen LogP contribution is 2.29. The molecule has 0 spiro atoms. The van der Waals surface area contributed by atoms with Gasteiger partial charge < -0.3 is 24.4 Å². The molecular formula is C16H10O9. The molecule has 0 unspecified atom stereocenters. The van der Waals surface area contributed by atoms with E-state index in [1.165, 1.54) is 48.5 Å². The highest BCUT2D eigenvalue weighted by molar-refractivity contribution is 5.98. The van der Waals surface area contributed by atoms with Crippen LogP contribution in [0.2, 0.25) is 0 Å². The summed E-state index contributed by atoms with van der Waals surface area (Å²) in [5, 5.41) is 17.1. The summed E-state index contributed by atoms with van der Waals surface area (Å²) >= 11 is 0. The van der Waals surface area contributed by atoms with Crippen molar-refractivity contribution in [2.45, 2.75) is 0 Å². The Bertz CT molecular complexity index is 772. The molecular weight excluding hydrogens is 336 g/mol. The molecule has 2 aromatic rings. The van der Waals surface area contributed by atoms with E-state index in [0.29, 0.717) is 0 Å². The van der Waals surface area contributed by atoms with Gasteiger partial charge in [-0.1, -0.05) is 24.3 Å². The maximum Gasteiger partial charge on any atom is 0.513 e. The Kier molecular flexibility index (Phi) is 5.31.